The number of carbonyl (C=O) groups is 1. The molecule has 0 aliphatic carbocycles. The quantitative estimate of drug-likeness (QED) is 0.423. The van der Waals surface area contributed by atoms with Gasteiger partial charge >= 0.3 is 5.97 Å². The average molecular weight is 210 g/mol. The minimum absolute atomic E-state index is 0.176. The predicted octanol–water partition coefficient (Wildman–Crippen LogP) is 3.96. The molecule has 0 aromatic heterocycles. The molecule has 0 fully saturated rings. The van der Waals surface area contributed by atoms with Gasteiger partial charge in [0.1, 0.15) is 0 Å². The third-order valence-corrected chi connectivity index (χ3v) is 1.49. The molecule has 0 saturated heterocycles. The van der Waals surface area contributed by atoms with Crippen LogP contribution in [0.25, 0.3) is 0 Å². The minimum Gasteiger partial charge on any atom is -0.478 e. The van der Waals surface area contributed by atoms with Gasteiger partial charge in [0, 0.05) is 5.57 Å². The van der Waals surface area contributed by atoms with Crippen molar-refractivity contribution in [3.8, 4) is 0 Å². The van der Waals surface area contributed by atoms with Gasteiger partial charge in [-0.05, 0) is 20.3 Å². The molecule has 0 amide bonds. The van der Waals surface area contributed by atoms with Crippen molar-refractivity contribution < 1.29 is 9.90 Å². The molecule has 86 valence electrons. The Bertz CT molecular complexity index is 225. The van der Waals surface area contributed by atoms with Crippen LogP contribution in [-0.2, 0) is 4.79 Å². The highest BCUT2D eigenvalue weighted by Crippen LogP contribution is 1.97. The molecule has 2 heteroatoms. The van der Waals surface area contributed by atoms with E-state index < -0.39 is 5.97 Å². The molecule has 0 heterocycles. The molecule has 0 aliphatic heterocycles. The monoisotopic (exact) mass is 210 g/mol. The Morgan fingerprint density at radius 1 is 1.33 bits per heavy atom. The first-order chi connectivity index (χ1) is 6.91. The highest BCUT2D eigenvalue weighted by molar-refractivity contribution is 5.84. The van der Waals surface area contributed by atoms with Gasteiger partial charge < -0.3 is 5.11 Å². The summed E-state index contributed by atoms with van der Waals surface area (Å²) in [6.07, 6.45) is 8.04. The molecule has 0 rings (SSSR count). The Balaban J connectivity index is 0. The summed E-state index contributed by atoms with van der Waals surface area (Å²) in [7, 11) is 0. The summed E-state index contributed by atoms with van der Waals surface area (Å²) in [6, 6.07) is 0. The van der Waals surface area contributed by atoms with E-state index in [1.807, 2.05) is 6.92 Å². The predicted molar refractivity (Wildman–Crippen MR) is 65.9 cm³/mol. The van der Waals surface area contributed by atoms with Gasteiger partial charge in [-0.2, -0.15) is 0 Å². The molecule has 0 aromatic carbocycles. The number of hydrogen-bond donors (Lipinski definition) is 1. The number of rotatable bonds is 5. The number of allylic oxidation sites excluding steroid dienone is 3. The second-order valence-corrected chi connectivity index (χ2v) is 3.48. The van der Waals surface area contributed by atoms with Crippen molar-refractivity contribution in [2.24, 2.45) is 0 Å². The van der Waals surface area contributed by atoms with E-state index in [2.05, 4.69) is 32.2 Å². The van der Waals surface area contributed by atoms with Crippen molar-refractivity contribution in [1.82, 2.24) is 0 Å². The van der Waals surface area contributed by atoms with Crippen molar-refractivity contribution in [2.75, 3.05) is 0 Å². The highest BCUT2D eigenvalue weighted by Gasteiger charge is 1.90. The summed E-state index contributed by atoms with van der Waals surface area (Å²) >= 11 is 0. The zero-order chi connectivity index (χ0) is 12.3. The highest BCUT2D eigenvalue weighted by atomic mass is 16.4. The third-order valence-electron chi connectivity index (χ3n) is 1.49. The lowest BCUT2D eigenvalue weighted by molar-refractivity contribution is -0.132. The van der Waals surface area contributed by atoms with E-state index in [0.717, 1.165) is 5.57 Å². The van der Waals surface area contributed by atoms with Crippen molar-refractivity contribution in [2.45, 2.75) is 40.0 Å². The summed E-state index contributed by atoms with van der Waals surface area (Å²) in [5.41, 5.74) is 1.32. The Hall–Kier alpha value is -1.31. The Kier molecular flexibility index (Phi) is 11.6. The summed E-state index contributed by atoms with van der Waals surface area (Å²) in [4.78, 5) is 9.60. The molecular formula is C13H22O2. The molecular weight excluding hydrogens is 188 g/mol. The minimum atomic E-state index is -0.935. The summed E-state index contributed by atoms with van der Waals surface area (Å²) in [6.45, 7) is 12.6. The molecule has 0 atom stereocenters. The van der Waals surface area contributed by atoms with E-state index in [9.17, 15) is 4.79 Å². The Labute approximate surface area is 93.0 Å². The van der Waals surface area contributed by atoms with Gasteiger partial charge in [-0.3, -0.25) is 0 Å². The molecule has 0 aromatic rings. The zero-order valence-electron chi connectivity index (χ0n) is 10.0. The third kappa shape index (κ3) is 19.2. The molecule has 0 bridgehead atoms. The van der Waals surface area contributed by atoms with Crippen LogP contribution < -0.4 is 0 Å². The molecule has 1 N–H and O–H groups in total. The lowest BCUT2D eigenvalue weighted by atomic mass is 10.2. The molecule has 0 radical (unpaired) electrons. The first-order valence-corrected chi connectivity index (χ1v) is 5.12. The first kappa shape index (κ1) is 16.1. The van der Waals surface area contributed by atoms with Crippen LogP contribution in [0.15, 0.2) is 36.5 Å². The molecule has 15 heavy (non-hydrogen) atoms. The Morgan fingerprint density at radius 2 is 1.80 bits per heavy atom. The van der Waals surface area contributed by atoms with Crippen molar-refractivity contribution in [3.63, 3.8) is 0 Å². The number of hydrogen-bond acceptors (Lipinski definition) is 1. The summed E-state index contributed by atoms with van der Waals surface area (Å²) < 4.78 is 0. The van der Waals surface area contributed by atoms with Crippen LogP contribution in [0.3, 0.4) is 0 Å². The normalized spacial score (nSPS) is 9.27. The Morgan fingerprint density at radius 3 is 2.07 bits per heavy atom. The summed E-state index contributed by atoms with van der Waals surface area (Å²) in [5.74, 6) is -0.935. The maximum Gasteiger partial charge on any atom is 0.330 e. The van der Waals surface area contributed by atoms with Gasteiger partial charge in [-0.25, -0.2) is 4.79 Å². The largest absolute Gasteiger partial charge is 0.478 e. The topological polar surface area (TPSA) is 37.3 Å². The SMILES string of the molecule is C=C(C)C(=O)O.C=C(C)C=CCCCC. The fourth-order valence-electron chi connectivity index (χ4n) is 0.606. The molecule has 0 unspecified atom stereocenters. The fraction of sp³-hybridized carbons (Fsp3) is 0.462. The van der Waals surface area contributed by atoms with Crippen LogP contribution in [0, 0.1) is 0 Å². The van der Waals surface area contributed by atoms with Gasteiger partial charge in [0.05, 0.1) is 0 Å². The smallest absolute Gasteiger partial charge is 0.330 e. The second-order valence-electron chi connectivity index (χ2n) is 3.48. The van der Waals surface area contributed by atoms with E-state index >= 15 is 0 Å². The lowest BCUT2D eigenvalue weighted by Gasteiger charge is -1.87. The van der Waals surface area contributed by atoms with E-state index in [4.69, 9.17) is 5.11 Å². The van der Waals surface area contributed by atoms with E-state index in [-0.39, 0.29) is 5.57 Å². The maximum absolute atomic E-state index is 9.60. The van der Waals surface area contributed by atoms with Crippen LogP contribution in [-0.4, -0.2) is 11.1 Å². The number of carboxylic acids is 1. The summed E-state index contributed by atoms with van der Waals surface area (Å²) in [5, 5.41) is 7.89. The number of unbranched alkanes of at least 4 members (excludes halogenated alkanes) is 2. The zero-order valence-corrected chi connectivity index (χ0v) is 10.0. The van der Waals surface area contributed by atoms with Crippen molar-refractivity contribution in [1.29, 1.82) is 0 Å². The first-order valence-electron chi connectivity index (χ1n) is 5.12. The van der Waals surface area contributed by atoms with Gasteiger partial charge in [-0.15, -0.1) is 0 Å². The van der Waals surface area contributed by atoms with Crippen LogP contribution in [0.1, 0.15) is 40.0 Å². The number of carboxylic acid groups (broad SMARTS) is 1. The number of aliphatic carboxylic acids is 1. The van der Waals surface area contributed by atoms with Crippen molar-refractivity contribution in [3.05, 3.63) is 36.5 Å². The average Bonchev–Trinajstić information content (AvgIpc) is 2.13. The van der Waals surface area contributed by atoms with Crippen LogP contribution in [0.2, 0.25) is 0 Å². The van der Waals surface area contributed by atoms with Gasteiger partial charge in [-0.1, -0.05) is 50.6 Å². The van der Waals surface area contributed by atoms with Gasteiger partial charge in [0.25, 0.3) is 0 Å². The van der Waals surface area contributed by atoms with E-state index in [1.165, 1.54) is 26.2 Å². The maximum atomic E-state index is 9.60. The molecule has 0 aliphatic rings. The van der Waals surface area contributed by atoms with Gasteiger partial charge in [0.2, 0.25) is 0 Å². The standard InChI is InChI=1S/C9H16.C4H6O2/c1-4-5-6-7-8-9(2)3;1-3(2)4(5)6/h7-8H,2,4-6H2,1,3H3;1H2,2H3,(H,5,6). The molecule has 0 spiro atoms. The van der Waals surface area contributed by atoms with E-state index in [1.54, 1.807) is 0 Å². The molecule has 2 nitrogen and oxygen atoms in total. The van der Waals surface area contributed by atoms with Crippen molar-refractivity contribution >= 4 is 5.97 Å². The van der Waals surface area contributed by atoms with Crippen LogP contribution >= 0.6 is 0 Å². The van der Waals surface area contributed by atoms with Crippen LogP contribution in [0.5, 0.6) is 0 Å². The fourth-order valence-corrected chi connectivity index (χ4v) is 0.606. The van der Waals surface area contributed by atoms with Gasteiger partial charge in [0.15, 0.2) is 0 Å². The second kappa shape index (κ2) is 10.8. The molecule has 0 saturated carbocycles. The van der Waals surface area contributed by atoms with E-state index in [0.29, 0.717) is 0 Å². The van der Waals surface area contributed by atoms with Crippen LogP contribution in [0.4, 0.5) is 0 Å². The lowest BCUT2D eigenvalue weighted by Crippen LogP contribution is -1.92.